The second-order valence-electron chi connectivity index (χ2n) is 6.70. The van der Waals surface area contributed by atoms with Gasteiger partial charge in [0.2, 0.25) is 0 Å². The van der Waals surface area contributed by atoms with Crippen molar-refractivity contribution >= 4 is 33.8 Å². The molecule has 0 spiro atoms. The largest absolute Gasteiger partial charge is 0.497 e. The van der Waals surface area contributed by atoms with E-state index in [1.54, 1.807) is 25.3 Å². The molecule has 8 heteroatoms. The van der Waals surface area contributed by atoms with E-state index in [-0.39, 0.29) is 30.4 Å². The first-order valence-corrected chi connectivity index (χ1v) is 10.0. The number of nitrogens with zero attached hydrogens (tertiary/aromatic N) is 1. The lowest BCUT2D eigenvalue weighted by Gasteiger charge is -2.16. The second kappa shape index (κ2) is 9.09. The third-order valence-electron chi connectivity index (χ3n) is 4.74. The maximum absolute atomic E-state index is 12.4. The molecule has 3 rings (SSSR count). The van der Waals surface area contributed by atoms with E-state index in [0.717, 1.165) is 15.8 Å². The Kier molecular flexibility index (Phi) is 6.53. The van der Waals surface area contributed by atoms with Crippen molar-refractivity contribution in [2.45, 2.75) is 19.4 Å². The first kappa shape index (κ1) is 20.9. The number of hydrogen-bond donors (Lipinski definition) is 2. The molecule has 0 aliphatic carbocycles. The minimum Gasteiger partial charge on any atom is -0.497 e. The van der Waals surface area contributed by atoms with Gasteiger partial charge in [-0.2, -0.15) is 0 Å². The third kappa shape index (κ3) is 4.76. The summed E-state index contributed by atoms with van der Waals surface area (Å²) in [5.41, 5.74) is 1.78. The molecule has 0 radical (unpaired) electrons. The van der Waals surface area contributed by atoms with Crippen molar-refractivity contribution in [3.05, 3.63) is 63.6 Å². The van der Waals surface area contributed by atoms with Crippen molar-refractivity contribution in [1.82, 2.24) is 15.5 Å². The van der Waals surface area contributed by atoms with Crippen LogP contribution in [0.1, 0.15) is 45.7 Å². The highest BCUT2D eigenvalue weighted by Gasteiger charge is 2.34. The summed E-state index contributed by atoms with van der Waals surface area (Å²) in [6.45, 7) is 2.48. The zero-order chi connectivity index (χ0) is 21.0. The van der Waals surface area contributed by atoms with Gasteiger partial charge in [0.1, 0.15) is 5.75 Å². The number of urea groups is 1. The molecule has 1 unspecified atom stereocenters. The molecule has 152 valence electrons. The van der Waals surface area contributed by atoms with Crippen molar-refractivity contribution in [3.8, 4) is 5.75 Å². The smallest absolute Gasteiger partial charge is 0.315 e. The van der Waals surface area contributed by atoms with E-state index in [9.17, 15) is 14.4 Å². The number of nitrogens with one attached hydrogen (secondary N) is 2. The minimum atomic E-state index is -0.306. The average molecular weight is 460 g/mol. The van der Waals surface area contributed by atoms with Crippen LogP contribution in [-0.4, -0.2) is 42.9 Å². The van der Waals surface area contributed by atoms with Crippen molar-refractivity contribution in [2.24, 2.45) is 0 Å². The molecule has 2 N–H and O–H groups in total. The maximum Gasteiger partial charge on any atom is 0.315 e. The lowest BCUT2D eigenvalue weighted by Crippen LogP contribution is -2.39. The van der Waals surface area contributed by atoms with Gasteiger partial charge in [0.05, 0.1) is 24.3 Å². The normalized spacial score (nSPS) is 13.8. The zero-order valence-corrected chi connectivity index (χ0v) is 17.8. The quantitative estimate of drug-likeness (QED) is 0.489. The van der Waals surface area contributed by atoms with Crippen molar-refractivity contribution in [1.29, 1.82) is 0 Å². The minimum absolute atomic E-state index is 0.171. The Labute approximate surface area is 177 Å². The molecule has 2 aromatic carbocycles. The monoisotopic (exact) mass is 459 g/mol. The molecule has 1 heterocycles. The number of ether oxygens (including phenoxy) is 1. The molecule has 0 fully saturated rings. The molecule has 1 atom stereocenters. The summed E-state index contributed by atoms with van der Waals surface area (Å²) in [5, 5.41) is 5.61. The van der Waals surface area contributed by atoms with Crippen LogP contribution in [0.2, 0.25) is 0 Å². The van der Waals surface area contributed by atoms with Crippen LogP contribution in [0.25, 0.3) is 0 Å². The highest BCUT2D eigenvalue weighted by molar-refractivity contribution is 9.10. The lowest BCUT2D eigenvalue weighted by atomic mass is 10.1. The van der Waals surface area contributed by atoms with Gasteiger partial charge >= 0.3 is 6.03 Å². The fourth-order valence-electron chi connectivity index (χ4n) is 3.13. The van der Waals surface area contributed by atoms with Gasteiger partial charge < -0.3 is 15.4 Å². The number of benzene rings is 2. The Morgan fingerprint density at radius 2 is 1.79 bits per heavy atom. The van der Waals surface area contributed by atoms with E-state index >= 15 is 0 Å². The molecule has 0 saturated heterocycles. The van der Waals surface area contributed by atoms with E-state index in [0.29, 0.717) is 24.1 Å². The predicted molar refractivity (Wildman–Crippen MR) is 112 cm³/mol. The highest BCUT2D eigenvalue weighted by Crippen LogP contribution is 2.26. The van der Waals surface area contributed by atoms with Crippen molar-refractivity contribution in [3.63, 3.8) is 0 Å². The van der Waals surface area contributed by atoms with Crippen LogP contribution in [0.3, 0.4) is 0 Å². The molecule has 7 nitrogen and oxygen atoms in total. The van der Waals surface area contributed by atoms with Gasteiger partial charge in [-0.25, -0.2) is 4.79 Å². The number of carbonyl (C=O) groups is 3. The molecule has 0 saturated carbocycles. The number of halogens is 1. The van der Waals surface area contributed by atoms with Crippen molar-refractivity contribution in [2.75, 3.05) is 20.2 Å². The third-order valence-corrected chi connectivity index (χ3v) is 5.23. The Morgan fingerprint density at radius 3 is 2.48 bits per heavy atom. The van der Waals surface area contributed by atoms with Crippen molar-refractivity contribution < 1.29 is 19.1 Å². The number of hydrogen-bond acceptors (Lipinski definition) is 4. The summed E-state index contributed by atoms with van der Waals surface area (Å²) in [4.78, 5) is 38.1. The van der Waals surface area contributed by atoms with Gasteiger partial charge in [-0.05, 0) is 49.2 Å². The zero-order valence-electron chi connectivity index (χ0n) is 16.2. The Morgan fingerprint density at radius 1 is 1.10 bits per heavy atom. The standard InChI is InChI=1S/C21H22BrN3O4/c1-13(14-4-7-16(29-2)8-5-14)24-21(28)23-10-3-11-25-19(26)17-9-6-15(22)12-18(17)20(25)27/h4-9,12-13H,3,10-11H2,1-2H3,(H2,23,24,28). The molecular weight excluding hydrogens is 438 g/mol. The number of methoxy groups -OCH3 is 1. The number of carbonyl (C=O) groups excluding carboxylic acids is 3. The highest BCUT2D eigenvalue weighted by atomic mass is 79.9. The Balaban J connectivity index is 1.44. The number of fused-ring (bicyclic) bond motifs is 1. The number of rotatable bonds is 7. The Bertz CT molecular complexity index is 930. The first-order chi connectivity index (χ1) is 13.9. The van der Waals surface area contributed by atoms with Gasteiger partial charge in [0, 0.05) is 17.6 Å². The fourth-order valence-corrected chi connectivity index (χ4v) is 3.49. The van der Waals surface area contributed by atoms with Gasteiger partial charge in [0.25, 0.3) is 11.8 Å². The molecule has 0 aromatic heterocycles. The predicted octanol–water partition coefficient (Wildman–Crippen LogP) is 3.50. The molecule has 1 aliphatic rings. The summed E-state index contributed by atoms with van der Waals surface area (Å²) in [6, 6.07) is 12.0. The summed E-state index contributed by atoms with van der Waals surface area (Å²) < 4.78 is 5.88. The summed E-state index contributed by atoms with van der Waals surface area (Å²) in [5.74, 6) is 0.157. The summed E-state index contributed by atoms with van der Waals surface area (Å²) in [7, 11) is 1.60. The van der Waals surface area contributed by atoms with E-state index in [4.69, 9.17) is 4.74 Å². The van der Waals surface area contributed by atoms with E-state index in [2.05, 4.69) is 26.6 Å². The van der Waals surface area contributed by atoms with Gasteiger partial charge in [-0.3, -0.25) is 14.5 Å². The summed E-state index contributed by atoms with van der Waals surface area (Å²) in [6.07, 6.45) is 0.469. The fraction of sp³-hybridized carbons (Fsp3) is 0.286. The maximum atomic E-state index is 12.4. The molecule has 1 aliphatic heterocycles. The number of imide groups is 1. The molecule has 0 bridgehead atoms. The van der Waals surface area contributed by atoms with Crippen LogP contribution in [0.4, 0.5) is 4.79 Å². The Hall–Kier alpha value is -2.87. The topological polar surface area (TPSA) is 87.7 Å². The van der Waals surface area contributed by atoms with E-state index in [1.165, 1.54) is 4.90 Å². The van der Waals surface area contributed by atoms with Gasteiger partial charge in [-0.1, -0.05) is 28.1 Å². The van der Waals surface area contributed by atoms with E-state index in [1.807, 2.05) is 31.2 Å². The van der Waals surface area contributed by atoms with Gasteiger partial charge in [0.15, 0.2) is 0 Å². The number of amides is 4. The SMILES string of the molecule is COc1ccc(C(C)NC(=O)NCCCN2C(=O)c3ccc(Br)cc3C2=O)cc1. The molecule has 29 heavy (non-hydrogen) atoms. The van der Waals surface area contributed by atoms with Crippen LogP contribution in [0, 0.1) is 0 Å². The van der Waals surface area contributed by atoms with Crippen LogP contribution < -0.4 is 15.4 Å². The van der Waals surface area contributed by atoms with Crippen LogP contribution in [0.15, 0.2) is 46.9 Å². The first-order valence-electron chi connectivity index (χ1n) is 9.24. The molecule has 4 amide bonds. The van der Waals surface area contributed by atoms with E-state index < -0.39 is 0 Å². The van der Waals surface area contributed by atoms with Crippen LogP contribution >= 0.6 is 15.9 Å². The molecular formula is C21H22BrN3O4. The second-order valence-corrected chi connectivity index (χ2v) is 7.62. The van der Waals surface area contributed by atoms with Crippen LogP contribution in [-0.2, 0) is 0 Å². The average Bonchev–Trinajstić information content (AvgIpc) is 2.95. The molecule has 2 aromatic rings. The summed E-state index contributed by atoms with van der Waals surface area (Å²) >= 11 is 3.31. The van der Waals surface area contributed by atoms with Gasteiger partial charge in [-0.15, -0.1) is 0 Å². The van der Waals surface area contributed by atoms with Crippen LogP contribution in [0.5, 0.6) is 5.75 Å². The lowest BCUT2D eigenvalue weighted by molar-refractivity contribution is 0.0653.